The highest BCUT2D eigenvalue weighted by Gasteiger charge is 2.24. The van der Waals surface area contributed by atoms with E-state index in [4.69, 9.17) is 14.2 Å². The van der Waals surface area contributed by atoms with Crippen molar-refractivity contribution in [2.75, 3.05) is 54.2 Å². The number of hydrogen-bond donors (Lipinski definition) is 2. The molecule has 1 unspecified atom stereocenters. The van der Waals surface area contributed by atoms with Crippen LogP contribution in [-0.4, -0.2) is 66.2 Å². The fourth-order valence-electron chi connectivity index (χ4n) is 1.78. The van der Waals surface area contributed by atoms with Gasteiger partial charge in [0.15, 0.2) is 5.96 Å². The normalized spacial score (nSPS) is 13.5. The number of hydrogen-bond acceptors (Lipinski definition) is 4. The average molecular weight is 431 g/mol. The fraction of sp³-hybridized carbons (Fsp3) is 0.933. The molecule has 1 atom stereocenters. The standard InChI is InChI=1S/C15H33N3O3.HI/c1-15(2,3)13(20-6)12-18-14(16-4)17-8-7-9-21-11-10-19-5;/h13H,7-12H2,1-6H3,(H2,16,17,18);1H. The summed E-state index contributed by atoms with van der Waals surface area (Å²) < 4.78 is 15.8. The van der Waals surface area contributed by atoms with E-state index >= 15 is 0 Å². The molecule has 134 valence electrons. The first-order chi connectivity index (χ1) is 9.95. The smallest absolute Gasteiger partial charge is 0.191 e. The van der Waals surface area contributed by atoms with Crippen molar-refractivity contribution in [3.8, 4) is 0 Å². The highest BCUT2D eigenvalue weighted by molar-refractivity contribution is 14.0. The maximum absolute atomic E-state index is 5.51. The van der Waals surface area contributed by atoms with Gasteiger partial charge in [-0.3, -0.25) is 4.99 Å². The Labute approximate surface area is 152 Å². The molecule has 0 radical (unpaired) electrons. The minimum absolute atomic E-state index is 0. The molecule has 0 aromatic rings. The van der Waals surface area contributed by atoms with Gasteiger partial charge >= 0.3 is 0 Å². The van der Waals surface area contributed by atoms with Gasteiger partial charge in [0.1, 0.15) is 0 Å². The lowest BCUT2D eigenvalue weighted by Gasteiger charge is -2.30. The first-order valence-corrected chi connectivity index (χ1v) is 7.49. The number of halogens is 1. The lowest BCUT2D eigenvalue weighted by molar-refractivity contribution is 0.0205. The molecular weight excluding hydrogens is 397 g/mol. The fourth-order valence-corrected chi connectivity index (χ4v) is 1.78. The van der Waals surface area contributed by atoms with Gasteiger partial charge in [-0.15, -0.1) is 24.0 Å². The summed E-state index contributed by atoms with van der Waals surface area (Å²) in [7, 11) is 5.18. The average Bonchev–Trinajstić information content (AvgIpc) is 2.43. The summed E-state index contributed by atoms with van der Waals surface area (Å²) in [5.41, 5.74) is 0.0930. The van der Waals surface area contributed by atoms with E-state index in [2.05, 4.69) is 36.4 Å². The summed E-state index contributed by atoms with van der Waals surface area (Å²) in [4.78, 5) is 4.20. The molecule has 0 saturated heterocycles. The molecule has 7 heteroatoms. The zero-order valence-electron chi connectivity index (χ0n) is 14.9. The van der Waals surface area contributed by atoms with Gasteiger partial charge in [0.05, 0.1) is 19.3 Å². The van der Waals surface area contributed by atoms with E-state index in [0.29, 0.717) is 13.2 Å². The quantitative estimate of drug-likeness (QED) is 0.239. The predicted molar refractivity (Wildman–Crippen MR) is 102 cm³/mol. The summed E-state index contributed by atoms with van der Waals surface area (Å²) >= 11 is 0. The Balaban J connectivity index is 0. The van der Waals surface area contributed by atoms with Crippen LogP contribution < -0.4 is 10.6 Å². The molecule has 0 amide bonds. The van der Waals surface area contributed by atoms with Crippen LogP contribution in [0.4, 0.5) is 0 Å². The summed E-state index contributed by atoms with van der Waals surface area (Å²) in [5.74, 6) is 0.790. The highest BCUT2D eigenvalue weighted by Crippen LogP contribution is 2.20. The van der Waals surface area contributed by atoms with Gasteiger partial charge in [0, 0.05) is 41.0 Å². The second-order valence-electron chi connectivity index (χ2n) is 5.93. The van der Waals surface area contributed by atoms with Crippen LogP contribution in [0.1, 0.15) is 27.2 Å². The molecule has 22 heavy (non-hydrogen) atoms. The van der Waals surface area contributed by atoms with E-state index in [1.807, 2.05) is 0 Å². The Bertz CT molecular complexity index is 284. The zero-order valence-corrected chi connectivity index (χ0v) is 17.2. The molecule has 0 rings (SSSR count). The van der Waals surface area contributed by atoms with Gasteiger partial charge in [-0.25, -0.2) is 0 Å². The van der Waals surface area contributed by atoms with E-state index in [9.17, 15) is 0 Å². The van der Waals surface area contributed by atoms with Gasteiger partial charge in [-0.2, -0.15) is 0 Å². The van der Waals surface area contributed by atoms with E-state index in [0.717, 1.165) is 32.1 Å². The van der Waals surface area contributed by atoms with Crippen LogP contribution in [0.5, 0.6) is 0 Å². The van der Waals surface area contributed by atoms with Crippen LogP contribution >= 0.6 is 24.0 Å². The second-order valence-corrected chi connectivity index (χ2v) is 5.93. The zero-order chi connectivity index (χ0) is 16.1. The van der Waals surface area contributed by atoms with Crippen LogP contribution in [0.25, 0.3) is 0 Å². The number of methoxy groups -OCH3 is 2. The van der Waals surface area contributed by atoms with Crippen LogP contribution in [0.15, 0.2) is 4.99 Å². The minimum Gasteiger partial charge on any atom is -0.382 e. The number of rotatable bonds is 10. The Morgan fingerprint density at radius 3 is 2.27 bits per heavy atom. The van der Waals surface area contributed by atoms with Crippen molar-refractivity contribution >= 4 is 29.9 Å². The number of guanidine groups is 1. The summed E-state index contributed by atoms with van der Waals surface area (Å²) in [6.45, 7) is 10.0. The van der Waals surface area contributed by atoms with E-state index in [1.165, 1.54) is 0 Å². The van der Waals surface area contributed by atoms with E-state index in [1.54, 1.807) is 21.3 Å². The molecule has 2 N–H and O–H groups in total. The largest absolute Gasteiger partial charge is 0.382 e. The molecule has 0 aliphatic heterocycles. The van der Waals surface area contributed by atoms with Crippen LogP contribution in [0.3, 0.4) is 0 Å². The lowest BCUT2D eigenvalue weighted by Crippen LogP contribution is -2.45. The van der Waals surface area contributed by atoms with Crippen LogP contribution in [-0.2, 0) is 14.2 Å². The Kier molecular flexibility index (Phi) is 15.9. The van der Waals surface area contributed by atoms with Crippen molar-refractivity contribution in [1.29, 1.82) is 0 Å². The number of nitrogens with zero attached hydrogens (tertiary/aromatic N) is 1. The first-order valence-electron chi connectivity index (χ1n) is 7.49. The summed E-state index contributed by atoms with van der Waals surface area (Å²) in [6.07, 6.45) is 1.06. The third-order valence-electron chi connectivity index (χ3n) is 3.12. The SMILES string of the molecule is CN=C(NCCCOCCOC)NCC(OC)C(C)(C)C.I. The van der Waals surface area contributed by atoms with Crippen molar-refractivity contribution in [2.24, 2.45) is 10.4 Å². The van der Waals surface area contributed by atoms with Gasteiger partial charge in [0.2, 0.25) is 0 Å². The molecule has 0 spiro atoms. The molecular formula is C15H34IN3O3. The third kappa shape index (κ3) is 12.4. The first kappa shape index (κ1) is 24.1. The van der Waals surface area contributed by atoms with Gasteiger partial charge in [0.25, 0.3) is 0 Å². The van der Waals surface area contributed by atoms with Crippen LogP contribution in [0.2, 0.25) is 0 Å². The molecule has 0 aromatic carbocycles. The van der Waals surface area contributed by atoms with E-state index < -0.39 is 0 Å². The molecule has 6 nitrogen and oxygen atoms in total. The maximum Gasteiger partial charge on any atom is 0.191 e. The monoisotopic (exact) mass is 431 g/mol. The van der Waals surface area contributed by atoms with Crippen molar-refractivity contribution < 1.29 is 14.2 Å². The van der Waals surface area contributed by atoms with Gasteiger partial charge < -0.3 is 24.8 Å². The molecule has 0 fully saturated rings. The number of aliphatic imine (C=N–C) groups is 1. The summed E-state index contributed by atoms with van der Waals surface area (Å²) in [5, 5.41) is 6.55. The highest BCUT2D eigenvalue weighted by atomic mass is 127. The van der Waals surface area contributed by atoms with Crippen molar-refractivity contribution in [3.05, 3.63) is 0 Å². The molecule has 0 aliphatic rings. The molecule has 0 aromatic heterocycles. The lowest BCUT2D eigenvalue weighted by atomic mass is 9.89. The van der Waals surface area contributed by atoms with Gasteiger partial charge in [-0.05, 0) is 11.8 Å². The van der Waals surface area contributed by atoms with Crippen LogP contribution in [0, 0.1) is 5.41 Å². The molecule has 0 aliphatic carbocycles. The minimum atomic E-state index is 0. The Morgan fingerprint density at radius 1 is 1.09 bits per heavy atom. The Hall–Kier alpha value is -0.120. The second kappa shape index (κ2) is 14.5. The summed E-state index contributed by atoms with van der Waals surface area (Å²) in [6, 6.07) is 0. The van der Waals surface area contributed by atoms with Crippen molar-refractivity contribution in [3.63, 3.8) is 0 Å². The molecule has 0 heterocycles. The topological polar surface area (TPSA) is 64.1 Å². The molecule has 0 saturated carbocycles. The number of nitrogens with one attached hydrogen (secondary N) is 2. The number of ether oxygens (including phenoxy) is 3. The van der Waals surface area contributed by atoms with E-state index in [-0.39, 0.29) is 35.5 Å². The Morgan fingerprint density at radius 2 is 1.77 bits per heavy atom. The third-order valence-corrected chi connectivity index (χ3v) is 3.12. The molecule has 0 bridgehead atoms. The maximum atomic E-state index is 5.51. The van der Waals surface area contributed by atoms with Gasteiger partial charge in [-0.1, -0.05) is 20.8 Å². The van der Waals surface area contributed by atoms with Crippen molar-refractivity contribution in [2.45, 2.75) is 33.3 Å². The predicted octanol–water partition coefficient (Wildman–Crippen LogP) is 1.88. The van der Waals surface area contributed by atoms with Crippen molar-refractivity contribution in [1.82, 2.24) is 10.6 Å².